The number of nitrogens with one attached hydrogen (secondary N) is 3. The van der Waals surface area contributed by atoms with Crippen molar-refractivity contribution in [2.24, 2.45) is 0 Å². The predicted octanol–water partition coefficient (Wildman–Crippen LogP) is 0.703. The van der Waals surface area contributed by atoms with Crippen LogP contribution in [0.5, 0.6) is 0 Å². The third kappa shape index (κ3) is 1.95. The van der Waals surface area contributed by atoms with Gasteiger partial charge in [-0.1, -0.05) is 0 Å². The Kier molecular flexibility index (Phi) is 2.34. The van der Waals surface area contributed by atoms with E-state index in [9.17, 15) is 4.79 Å². The first-order valence-corrected chi connectivity index (χ1v) is 5.49. The van der Waals surface area contributed by atoms with Gasteiger partial charge in [-0.25, -0.2) is 9.97 Å². The number of hydrogen-bond acceptors (Lipinski definition) is 5. The van der Waals surface area contributed by atoms with Crippen molar-refractivity contribution < 1.29 is 4.79 Å². The molecule has 2 heterocycles. The van der Waals surface area contributed by atoms with Crippen molar-refractivity contribution in [3.8, 4) is 0 Å². The standard InChI is InChI=1S/C11H11N7O/c12-5-3-6(8-7(4-5)16-10(13)17-8)9(19)18-11-14-1-2-15-11/h1-4H,12H2,(H3,13,16,17)(H2,14,15,18,19). The van der Waals surface area contributed by atoms with E-state index in [2.05, 4.69) is 25.3 Å². The van der Waals surface area contributed by atoms with Crippen molar-refractivity contribution in [3.63, 3.8) is 0 Å². The number of nitrogens with zero attached hydrogens (tertiary/aromatic N) is 2. The SMILES string of the molecule is Nc1cc(C(=O)Nc2ncc[nH]2)c2nc(N)[nH]c2c1. The van der Waals surface area contributed by atoms with Gasteiger partial charge in [-0.15, -0.1) is 0 Å². The van der Waals surface area contributed by atoms with Crippen LogP contribution < -0.4 is 16.8 Å². The van der Waals surface area contributed by atoms with E-state index in [1.54, 1.807) is 18.3 Å². The van der Waals surface area contributed by atoms with Gasteiger partial charge in [-0.2, -0.15) is 0 Å². The Labute approximate surface area is 107 Å². The van der Waals surface area contributed by atoms with Crippen LogP contribution in [-0.2, 0) is 0 Å². The second kappa shape index (κ2) is 4.02. The lowest BCUT2D eigenvalue weighted by atomic mass is 10.1. The van der Waals surface area contributed by atoms with E-state index in [1.807, 2.05) is 0 Å². The number of H-pyrrole nitrogens is 2. The average molecular weight is 257 g/mol. The predicted molar refractivity (Wildman–Crippen MR) is 71.5 cm³/mol. The molecule has 96 valence electrons. The number of carbonyl (C=O) groups is 1. The van der Waals surface area contributed by atoms with Crippen molar-refractivity contribution in [1.82, 2.24) is 19.9 Å². The lowest BCUT2D eigenvalue weighted by molar-refractivity contribution is 0.102. The highest BCUT2D eigenvalue weighted by Gasteiger charge is 2.15. The molecule has 19 heavy (non-hydrogen) atoms. The molecule has 0 aliphatic rings. The van der Waals surface area contributed by atoms with Crippen LogP contribution in [0.15, 0.2) is 24.5 Å². The van der Waals surface area contributed by atoms with Crippen molar-refractivity contribution >= 4 is 34.5 Å². The Morgan fingerprint density at radius 3 is 2.89 bits per heavy atom. The number of imidazole rings is 2. The van der Waals surface area contributed by atoms with Crippen molar-refractivity contribution in [3.05, 3.63) is 30.1 Å². The first kappa shape index (κ1) is 11.1. The molecule has 3 rings (SSSR count). The van der Waals surface area contributed by atoms with Crippen molar-refractivity contribution in [2.45, 2.75) is 0 Å². The third-order valence-corrected chi connectivity index (χ3v) is 2.60. The molecule has 0 unspecified atom stereocenters. The molecule has 0 spiro atoms. The fraction of sp³-hybridized carbons (Fsp3) is 0. The first-order chi connectivity index (χ1) is 9.13. The van der Waals surface area contributed by atoms with E-state index >= 15 is 0 Å². The summed E-state index contributed by atoms with van der Waals surface area (Å²) in [5, 5.41) is 2.61. The lowest BCUT2D eigenvalue weighted by Crippen LogP contribution is -2.14. The Morgan fingerprint density at radius 1 is 1.32 bits per heavy atom. The van der Waals surface area contributed by atoms with Gasteiger partial charge in [0.1, 0.15) is 5.52 Å². The van der Waals surface area contributed by atoms with Gasteiger partial charge in [0.2, 0.25) is 5.95 Å². The molecule has 0 radical (unpaired) electrons. The van der Waals surface area contributed by atoms with E-state index in [-0.39, 0.29) is 11.9 Å². The Bertz CT molecular complexity index is 744. The Balaban J connectivity index is 2.06. The molecule has 1 amide bonds. The molecule has 0 aliphatic carbocycles. The molecular formula is C11H11N7O. The van der Waals surface area contributed by atoms with Crippen LogP contribution in [-0.4, -0.2) is 25.8 Å². The van der Waals surface area contributed by atoms with E-state index < -0.39 is 0 Å². The highest BCUT2D eigenvalue weighted by Crippen LogP contribution is 2.22. The van der Waals surface area contributed by atoms with E-state index in [4.69, 9.17) is 11.5 Å². The van der Waals surface area contributed by atoms with Crippen LogP contribution in [0.1, 0.15) is 10.4 Å². The van der Waals surface area contributed by atoms with Gasteiger partial charge < -0.3 is 21.4 Å². The summed E-state index contributed by atoms with van der Waals surface area (Å²) in [7, 11) is 0. The largest absolute Gasteiger partial charge is 0.399 e. The molecule has 3 aromatic rings. The fourth-order valence-corrected chi connectivity index (χ4v) is 1.84. The quantitative estimate of drug-likeness (QED) is 0.430. The van der Waals surface area contributed by atoms with Crippen molar-refractivity contribution in [2.75, 3.05) is 16.8 Å². The first-order valence-electron chi connectivity index (χ1n) is 5.49. The number of benzene rings is 1. The van der Waals surface area contributed by atoms with Gasteiger partial charge in [0.25, 0.3) is 5.91 Å². The van der Waals surface area contributed by atoms with Gasteiger partial charge >= 0.3 is 0 Å². The second-order valence-corrected chi connectivity index (χ2v) is 3.98. The maximum Gasteiger partial charge on any atom is 0.260 e. The van der Waals surface area contributed by atoms with Crippen LogP contribution in [0.2, 0.25) is 0 Å². The number of anilines is 3. The minimum Gasteiger partial charge on any atom is -0.399 e. The Hall–Kier alpha value is -3.03. The number of aromatic nitrogens is 4. The summed E-state index contributed by atoms with van der Waals surface area (Å²) in [6, 6.07) is 3.21. The molecule has 0 saturated carbocycles. The van der Waals surface area contributed by atoms with E-state index in [0.29, 0.717) is 28.2 Å². The fourth-order valence-electron chi connectivity index (χ4n) is 1.84. The molecule has 0 saturated heterocycles. The highest BCUT2D eigenvalue weighted by atomic mass is 16.1. The van der Waals surface area contributed by atoms with Crippen LogP contribution in [0.4, 0.5) is 17.6 Å². The van der Waals surface area contributed by atoms with E-state index in [0.717, 1.165) is 0 Å². The van der Waals surface area contributed by atoms with Crippen molar-refractivity contribution in [1.29, 1.82) is 0 Å². The molecule has 8 nitrogen and oxygen atoms in total. The lowest BCUT2D eigenvalue weighted by Gasteiger charge is -2.04. The number of nitrogens with two attached hydrogens (primary N) is 2. The van der Waals surface area contributed by atoms with E-state index in [1.165, 1.54) is 6.20 Å². The number of aromatic amines is 2. The zero-order valence-electron chi connectivity index (χ0n) is 9.77. The minimum atomic E-state index is -0.362. The maximum absolute atomic E-state index is 12.2. The highest BCUT2D eigenvalue weighted by molar-refractivity contribution is 6.12. The average Bonchev–Trinajstić information content (AvgIpc) is 2.96. The summed E-state index contributed by atoms with van der Waals surface area (Å²) in [5.74, 6) is 0.218. The zero-order valence-corrected chi connectivity index (χ0v) is 9.77. The molecule has 0 bridgehead atoms. The minimum absolute atomic E-state index is 0.229. The van der Waals surface area contributed by atoms with Gasteiger partial charge in [0.15, 0.2) is 5.95 Å². The van der Waals surface area contributed by atoms with Crippen LogP contribution in [0, 0.1) is 0 Å². The number of amides is 1. The van der Waals surface area contributed by atoms with Gasteiger partial charge in [0.05, 0.1) is 11.1 Å². The second-order valence-electron chi connectivity index (χ2n) is 3.98. The van der Waals surface area contributed by atoms with Gasteiger partial charge in [-0.05, 0) is 12.1 Å². The maximum atomic E-state index is 12.2. The Morgan fingerprint density at radius 2 is 2.16 bits per heavy atom. The zero-order chi connectivity index (χ0) is 13.4. The molecule has 7 N–H and O–H groups in total. The molecule has 0 aliphatic heterocycles. The molecule has 0 atom stereocenters. The summed E-state index contributed by atoms with van der Waals surface area (Å²) in [4.78, 5) is 25.8. The number of carbonyl (C=O) groups excluding carboxylic acids is 1. The summed E-state index contributed by atoms with van der Waals surface area (Å²) in [6.45, 7) is 0. The summed E-state index contributed by atoms with van der Waals surface area (Å²) >= 11 is 0. The normalized spacial score (nSPS) is 10.7. The molecule has 0 fully saturated rings. The molecular weight excluding hydrogens is 246 g/mol. The number of fused-ring (bicyclic) bond motifs is 1. The van der Waals surface area contributed by atoms with Gasteiger partial charge in [-0.3, -0.25) is 10.1 Å². The monoisotopic (exact) mass is 257 g/mol. The van der Waals surface area contributed by atoms with Crippen LogP contribution >= 0.6 is 0 Å². The third-order valence-electron chi connectivity index (χ3n) is 2.60. The summed E-state index contributed by atoms with van der Waals surface area (Å²) in [6.07, 6.45) is 3.15. The topological polar surface area (TPSA) is 138 Å². The number of hydrogen-bond donors (Lipinski definition) is 5. The molecule has 1 aromatic carbocycles. The van der Waals surface area contributed by atoms with Gasteiger partial charge in [0, 0.05) is 18.1 Å². The number of nitrogen functional groups attached to an aromatic ring is 2. The van der Waals surface area contributed by atoms with Crippen LogP contribution in [0.25, 0.3) is 11.0 Å². The number of rotatable bonds is 2. The van der Waals surface area contributed by atoms with Crippen LogP contribution in [0.3, 0.4) is 0 Å². The molecule has 8 heteroatoms. The molecule has 2 aromatic heterocycles. The smallest absolute Gasteiger partial charge is 0.260 e. The summed E-state index contributed by atoms with van der Waals surface area (Å²) < 4.78 is 0. The summed E-state index contributed by atoms with van der Waals surface area (Å²) in [5.41, 5.74) is 13.2.